The second-order valence-electron chi connectivity index (χ2n) is 6.07. The number of esters is 1. The zero-order chi connectivity index (χ0) is 18.7. The molecule has 0 aliphatic carbocycles. The van der Waals surface area contributed by atoms with Crippen LogP contribution in [0.4, 0.5) is 4.79 Å². The Morgan fingerprint density at radius 1 is 1.31 bits per heavy atom. The molecule has 1 aromatic heterocycles. The first kappa shape index (κ1) is 18.3. The van der Waals surface area contributed by atoms with Crippen molar-refractivity contribution in [2.24, 2.45) is 7.05 Å². The van der Waals surface area contributed by atoms with Crippen LogP contribution < -0.4 is 5.32 Å². The molecule has 7 nitrogen and oxygen atoms in total. The van der Waals surface area contributed by atoms with Gasteiger partial charge in [-0.2, -0.15) is 5.10 Å². The number of rotatable bonds is 4. The molecule has 2 aromatic rings. The summed E-state index contributed by atoms with van der Waals surface area (Å²) < 4.78 is 6.77. The number of carbonyl (C=O) groups excluding carboxylic acids is 2. The van der Waals surface area contributed by atoms with Crippen LogP contribution in [0.5, 0.6) is 0 Å². The van der Waals surface area contributed by atoms with Gasteiger partial charge in [0.2, 0.25) is 0 Å². The van der Waals surface area contributed by atoms with Crippen molar-refractivity contribution in [3.8, 4) is 0 Å². The van der Waals surface area contributed by atoms with Crippen molar-refractivity contribution >= 4 is 23.6 Å². The number of hydrogen-bond acceptors (Lipinski definition) is 4. The highest BCUT2D eigenvalue weighted by molar-refractivity contribution is 6.30. The molecule has 0 radical (unpaired) electrons. The largest absolute Gasteiger partial charge is 0.461 e. The quantitative estimate of drug-likeness (QED) is 0.832. The number of nitrogens with one attached hydrogen (secondary N) is 1. The molecule has 8 heteroatoms. The molecule has 0 unspecified atom stereocenters. The number of halogens is 1. The van der Waals surface area contributed by atoms with E-state index in [1.54, 1.807) is 35.7 Å². The van der Waals surface area contributed by atoms with Crippen molar-refractivity contribution in [3.63, 3.8) is 0 Å². The molecule has 0 fully saturated rings. The fraction of sp³-hybridized carbons (Fsp3) is 0.389. The van der Waals surface area contributed by atoms with Gasteiger partial charge in [-0.15, -0.1) is 0 Å². The molecule has 1 N–H and O–H groups in total. The van der Waals surface area contributed by atoms with Crippen molar-refractivity contribution in [3.05, 3.63) is 51.8 Å². The van der Waals surface area contributed by atoms with Crippen LogP contribution in [0.15, 0.2) is 24.3 Å². The SMILES string of the molecule is CCOC(=O)c1nn(C)c2c1CN(C(=O)NCc1ccc(Cl)cc1)CC2. The second-order valence-corrected chi connectivity index (χ2v) is 6.51. The fourth-order valence-corrected chi connectivity index (χ4v) is 3.15. The Kier molecular flexibility index (Phi) is 5.46. The lowest BCUT2D eigenvalue weighted by molar-refractivity contribution is 0.0516. The normalized spacial score (nSPS) is 13.3. The summed E-state index contributed by atoms with van der Waals surface area (Å²) in [6, 6.07) is 7.15. The summed E-state index contributed by atoms with van der Waals surface area (Å²) in [7, 11) is 1.80. The topological polar surface area (TPSA) is 76.5 Å². The number of urea groups is 1. The Morgan fingerprint density at radius 3 is 2.73 bits per heavy atom. The van der Waals surface area contributed by atoms with Gasteiger partial charge in [0.25, 0.3) is 0 Å². The van der Waals surface area contributed by atoms with Crippen LogP contribution in [0.1, 0.15) is 34.2 Å². The second kappa shape index (κ2) is 7.78. The van der Waals surface area contributed by atoms with Gasteiger partial charge in [0.15, 0.2) is 5.69 Å². The summed E-state index contributed by atoms with van der Waals surface area (Å²) in [5, 5.41) is 7.84. The van der Waals surface area contributed by atoms with Gasteiger partial charge in [0.05, 0.1) is 13.2 Å². The van der Waals surface area contributed by atoms with Gasteiger partial charge in [0.1, 0.15) is 0 Å². The van der Waals surface area contributed by atoms with E-state index in [2.05, 4.69) is 10.4 Å². The summed E-state index contributed by atoms with van der Waals surface area (Å²) in [6.45, 7) is 3.36. The minimum absolute atomic E-state index is 0.177. The maximum atomic E-state index is 12.5. The number of amides is 2. The molecule has 0 spiro atoms. The third-order valence-corrected chi connectivity index (χ3v) is 4.61. The molecule has 1 aliphatic rings. The summed E-state index contributed by atoms with van der Waals surface area (Å²) in [4.78, 5) is 26.3. The standard InChI is InChI=1S/C18H21ClN4O3/c1-3-26-17(24)16-14-11-23(9-8-15(14)22(2)21-16)18(25)20-10-12-4-6-13(19)7-5-12/h4-7H,3,8-11H2,1-2H3,(H,20,25). The Morgan fingerprint density at radius 2 is 2.04 bits per heavy atom. The molecular weight excluding hydrogens is 356 g/mol. The van der Waals surface area contributed by atoms with E-state index in [0.717, 1.165) is 16.8 Å². The highest BCUT2D eigenvalue weighted by Crippen LogP contribution is 2.23. The molecule has 1 aliphatic heterocycles. The van der Waals surface area contributed by atoms with E-state index < -0.39 is 5.97 Å². The summed E-state index contributed by atoms with van der Waals surface area (Å²) in [5.41, 5.74) is 2.99. The van der Waals surface area contributed by atoms with E-state index in [9.17, 15) is 9.59 Å². The Balaban J connectivity index is 1.68. The van der Waals surface area contributed by atoms with Crippen LogP contribution in [-0.2, 0) is 31.3 Å². The van der Waals surface area contributed by atoms with E-state index in [1.165, 1.54) is 0 Å². The summed E-state index contributed by atoms with van der Waals surface area (Å²) in [5.74, 6) is -0.451. The maximum Gasteiger partial charge on any atom is 0.359 e. The van der Waals surface area contributed by atoms with Gasteiger partial charge >= 0.3 is 12.0 Å². The number of hydrogen-bond donors (Lipinski definition) is 1. The van der Waals surface area contributed by atoms with Crippen molar-refractivity contribution in [2.75, 3.05) is 13.2 Å². The first-order valence-corrected chi connectivity index (χ1v) is 8.86. The van der Waals surface area contributed by atoms with Crippen LogP contribution in [0.3, 0.4) is 0 Å². The Labute approximate surface area is 156 Å². The molecule has 0 bridgehead atoms. The average Bonchev–Trinajstić information content (AvgIpc) is 2.97. The Hall–Kier alpha value is -2.54. The number of fused-ring (bicyclic) bond motifs is 1. The number of aryl methyl sites for hydroxylation is 1. The van der Waals surface area contributed by atoms with Crippen molar-refractivity contribution in [2.45, 2.75) is 26.4 Å². The smallest absolute Gasteiger partial charge is 0.359 e. The van der Waals surface area contributed by atoms with Crippen LogP contribution in [0, 0.1) is 0 Å². The summed E-state index contributed by atoms with van der Waals surface area (Å²) in [6.07, 6.45) is 0.645. The molecule has 0 atom stereocenters. The predicted molar refractivity (Wildman–Crippen MR) is 97.0 cm³/mol. The first-order valence-electron chi connectivity index (χ1n) is 8.48. The lowest BCUT2D eigenvalue weighted by atomic mass is 10.1. The minimum atomic E-state index is -0.451. The van der Waals surface area contributed by atoms with Gasteiger partial charge in [-0.3, -0.25) is 4.68 Å². The van der Waals surface area contributed by atoms with Crippen LogP contribution in [-0.4, -0.2) is 39.8 Å². The lowest BCUT2D eigenvalue weighted by Crippen LogP contribution is -2.42. The molecule has 138 valence electrons. The van der Waals surface area contributed by atoms with E-state index in [-0.39, 0.29) is 12.6 Å². The highest BCUT2D eigenvalue weighted by Gasteiger charge is 2.29. The zero-order valence-corrected chi connectivity index (χ0v) is 15.5. The van der Waals surface area contributed by atoms with Crippen LogP contribution in [0.25, 0.3) is 0 Å². The lowest BCUT2D eigenvalue weighted by Gasteiger charge is -2.27. The minimum Gasteiger partial charge on any atom is -0.461 e. The van der Waals surface area contributed by atoms with Crippen molar-refractivity contribution in [1.82, 2.24) is 20.0 Å². The average molecular weight is 377 g/mol. The Bertz CT molecular complexity index is 817. The number of carbonyl (C=O) groups is 2. The van der Waals surface area contributed by atoms with E-state index in [4.69, 9.17) is 16.3 Å². The molecule has 0 saturated heterocycles. The van der Waals surface area contributed by atoms with E-state index in [1.807, 2.05) is 12.1 Å². The molecule has 3 rings (SSSR count). The van der Waals surface area contributed by atoms with Gasteiger partial charge in [-0.05, 0) is 24.6 Å². The van der Waals surface area contributed by atoms with E-state index in [0.29, 0.717) is 36.8 Å². The molecular formula is C18H21ClN4O3. The molecule has 1 aromatic carbocycles. The number of benzene rings is 1. The van der Waals surface area contributed by atoms with Gasteiger partial charge in [-0.1, -0.05) is 23.7 Å². The van der Waals surface area contributed by atoms with E-state index >= 15 is 0 Å². The van der Waals surface area contributed by atoms with Gasteiger partial charge in [0, 0.05) is 42.8 Å². The fourth-order valence-electron chi connectivity index (χ4n) is 3.02. The van der Waals surface area contributed by atoms with Gasteiger partial charge < -0.3 is 15.0 Å². The molecule has 0 saturated carbocycles. The third-order valence-electron chi connectivity index (χ3n) is 4.36. The zero-order valence-electron chi connectivity index (χ0n) is 14.8. The highest BCUT2D eigenvalue weighted by atomic mass is 35.5. The number of ether oxygens (including phenoxy) is 1. The molecule has 26 heavy (non-hydrogen) atoms. The summed E-state index contributed by atoms with van der Waals surface area (Å²) >= 11 is 5.87. The van der Waals surface area contributed by atoms with Crippen LogP contribution >= 0.6 is 11.6 Å². The number of aromatic nitrogens is 2. The molecule has 2 heterocycles. The monoisotopic (exact) mass is 376 g/mol. The van der Waals surface area contributed by atoms with Crippen LogP contribution in [0.2, 0.25) is 5.02 Å². The van der Waals surface area contributed by atoms with Crippen molar-refractivity contribution < 1.29 is 14.3 Å². The first-order chi connectivity index (χ1) is 12.5. The predicted octanol–water partition coefficient (Wildman–Crippen LogP) is 2.52. The maximum absolute atomic E-state index is 12.5. The third kappa shape index (κ3) is 3.83. The molecule has 2 amide bonds. The number of nitrogens with zero attached hydrogens (tertiary/aromatic N) is 3. The van der Waals surface area contributed by atoms with Gasteiger partial charge in [-0.25, -0.2) is 9.59 Å². The van der Waals surface area contributed by atoms with Crippen molar-refractivity contribution in [1.29, 1.82) is 0 Å².